The third-order valence-electron chi connectivity index (χ3n) is 3.16. The fraction of sp³-hybridized carbons (Fsp3) is 0.222. The van der Waals surface area contributed by atoms with Gasteiger partial charge in [-0.25, -0.2) is 4.39 Å². The van der Waals surface area contributed by atoms with Crippen LogP contribution in [0.1, 0.15) is 16.8 Å². The summed E-state index contributed by atoms with van der Waals surface area (Å²) in [6, 6.07) is 12.4. The highest BCUT2D eigenvalue weighted by molar-refractivity contribution is 6.30. The second kappa shape index (κ2) is 9.64. The first-order valence-electron chi connectivity index (χ1n) is 7.63. The lowest BCUT2D eigenvalue weighted by Gasteiger charge is -2.08. The van der Waals surface area contributed by atoms with Gasteiger partial charge in [0.25, 0.3) is 5.91 Å². The summed E-state index contributed by atoms with van der Waals surface area (Å²) in [5.74, 6) is -1.14. The molecule has 0 spiro atoms. The summed E-state index contributed by atoms with van der Waals surface area (Å²) < 4.78 is 23.4. The van der Waals surface area contributed by atoms with E-state index >= 15 is 0 Å². The number of benzene rings is 2. The van der Waals surface area contributed by atoms with Crippen LogP contribution in [0.5, 0.6) is 5.75 Å². The van der Waals surface area contributed by atoms with Crippen LogP contribution in [0.15, 0.2) is 48.5 Å². The number of carbonyl (C=O) groups is 2. The largest absolute Gasteiger partial charge is 0.487 e. The van der Waals surface area contributed by atoms with Crippen molar-refractivity contribution in [3.05, 3.63) is 64.9 Å². The standard InChI is InChI=1S/C18H17ClFNO4/c19-14-7-5-13(6-8-14)18(23)21-10-9-17(22)25-12-11-24-16-4-2-1-3-15(16)20/h1-8H,9-12H2,(H,21,23). The number of para-hydroxylation sites is 1. The first kappa shape index (κ1) is 18.7. The number of nitrogens with one attached hydrogen (secondary N) is 1. The number of halogens is 2. The summed E-state index contributed by atoms with van der Waals surface area (Å²) in [5.41, 5.74) is 0.455. The molecule has 0 bridgehead atoms. The van der Waals surface area contributed by atoms with Crippen molar-refractivity contribution in [2.45, 2.75) is 6.42 Å². The van der Waals surface area contributed by atoms with Crippen molar-refractivity contribution < 1.29 is 23.5 Å². The monoisotopic (exact) mass is 365 g/mol. The predicted molar refractivity (Wildman–Crippen MR) is 91.3 cm³/mol. The van der Waals surface area contributed by atoms with Gasteiger partial charge in [0, 0.05) is 17.1 Å². The van der Waals surface area contributed by atoms with Gasteiger partial charge in [-0.3, -0.25) is 9.59 Å². The zero-order valence-corrected chi connectivity index (χ0v) is 14.1. The van der Waals surface area contributed by atoms with E-state index in [0.29, 0.717) is 10.6 Å². The third kappa shape index (κ3) is 6.43. The van der Waals surface area contributed by atoms with Crippen LogP contribution in [-0.4, -0.2) is 31.6 Å². The molecule has 0 aliphatic heterocycles. The molecule has 25 heavy (non-hydrogen) atoms. The minimum absolute atomic E-state index is 0.00169. The van der Waals surface area contributed by atoms with E-state index in [-0.39, 0.29) is 37.8 Å². The molecule has 0 aromatic heterocycles. The van der Waals surface area contributed by atoms with E-state index in [4.69, 9.17) is 21.1 Å². The Morgan fingerprint density at radius 3 is 2.48 bits per heavy atom. The smallest absolute Gasteiger partial charge is 0.307 e. The number of hydrogen-bond acceptors (Lipinski definition) is 4. The average Bonchev–Trinajstić information content (AvgIpc) is 2.60. The molecule has 5 nitrogen and oxygen atoms in total. The molecule has 132 valence electrons. The molecule has 0 unspecified atom stereocenters. The lowest BCUT2D eigenvalue weighted by atomic mass is 10.2. The quantitative estimate of drug-likeness (QED) is 0.576. The Morgan fingerprint density at radius 1 is 1.04 bits per heavy atom. The highest BCUT2D eigenvalue weighted by Crippen LogP contribution is 2.14. The van der Waals surface area contributed by atoms with Gasteiger partial charge in [0.1, 0.15) is 13.2 Å². The molecule has 0 saturated carbocycles. The molecule has 0 radical (unpaired) electrons. The van der Waals surface area contributed by atoms with Crippen molar-refractivity contribution in [3.63, 3.8) is 0 Å². The Balaban J connectivity index is 1.60. The zero-order valence-electron chi connectivity index (χ0n) is 13.3. The van der Waals surface area contributed by atoms with Crippen LogP contribution in [0.25, 0.3) is 0 Å². The van der Waals surface area contributed by atoms with Gasteiger partial charge in [0.05, 0.1) is 6.42 Å². The molecule has 0 aliphatic rings. The molecule has 0 atom stereocenters. The molecular formula is C18H17ClFNO4. The van der Waals surface area contributed by atoms with Gasteiger partial charge in [0.15, 0.2) is 11.6 Å². The fourth-order valence-electron chi connectivity index (χ4n) is 1.92. The van der Waals surface area contributed by atoms with Crippen LogP contribution in [0.3, 0.4) is 0 Å². The van der Waals surface area contributed by atoms with Crippen molar-refractivity contribution in [1.29, 1.82) is 0 Å². The van der Waals surface area contributed by atoms with Crippen molar-refractivity contribution in [3.8, 4) is 5.75 Å². The number of hydrogen-bond donors (Lipinski definition) is 1. The molecule has 2 aromatic carbocycles. The van der Waals surface area contributed by atoms with Gasteiger partial charge in [-0.15, -0.1) is 0 Å². The molecule has 1 N–H and O–H groups in total. The summed E-state index contributed by atoms with van der Waals surface area (Å²) >= 11 is 5.75. The van der Waals surface area contributed by atoms with E-state index < -0.39 is 11.8 Å². The van der Waals surface area contributed by atoms with Gasteiger partial charge >= 0.3 is 5.97 Å². The number of amides is 1. The van der Waals surface area contributed by atoms with Crippen LogP contribution in [0.4, 0.5) is 4.39 Å². The number of rotatable bonds is 8. The number of esters is 1. The minimum atomic E-state index is -0.478. The van der Waals surface area contributed by atoms with Crippen molar-refractivity contribution >= 4 is 23.5 Å². The highest BCUT2D eigenvalue weighted by atomic mass is 35.5. The molecule has 0 heterocycles. The normalized spacial score (nSPS) is 10.2. The molecule has 2 rings (SSSR count). The Morgan fingerprint density at radius 2 is 1.76 bits per heavy atom. The van der Waals surface area contributed by atoms with Crippen LogP contribution in [0, 0.1) is 5.82 Å². The Bertz CT molecular complexity index is 721. The maximum absolute atomic E-state index is 13.3. The summed E-state index contributed by atoms with van der Waals surface area (Å²) in [5, 5.41) is 3.15. The van der Waals surface area contributed by atoms with E-state index in [1.165, 1.54) is 12.1 Å². The molecule has 0 fully saturated rings. The van der Waals surface area contributed by atoms with Gasteiger partial charge in [0.2, 0.25) is 0 Å². The average molecular weight is 366 g/mol. The molecule has 1 amide bonds. The summed E-state index contributed by atoms with van der Waals surface area (Å²) in [7, 11) is 0. The highest BCUT2D eigenvalue weighted by Gasteiger charge is 2.08. The molecule has 0 saturated heterocycles. The van der Waals surface area contributed by atoms with Crippen LogP contribution >= 0.6 is 11.6 Å². The molecule has 0 aliphatic carbocycles. The number of carbonyl (C=O) groups excluding carboxylic acids is 2. The van der Waals surface area contributed by atoms with Crippen molar-refractivity contribution in [2.75, 3.05) is 19.8 Å². The van der Waals surface area contributed by atoms with E-state index in [1.54, 1.807) is 36.4 Å². The van der Waals surface area contributed by atoms with Crippen LogP contribution in [-0.2, 0) is 9.53 Å². The third-order valence-corrected chi connectivity index (χ3v) is 3.41. The van der Waals surface area contributed by atoms with Gasteiger partial charge in [-0.2, -0.15) is 0 Å². The first-order valence-corrected chi connectivity index (χ1v) is 8.01. The van der Waals surface area contributed by atoms with Gasteiger partial charge in [-0.1, -0.05) is 23.7 Å². The topological polar surface area (TPSA) is 64.6 Å². The number of ether oxygens (including phenoxy) is 2. The van der Waals surface area contributed by atoms with Gasteiger partial charge in [-0.05, 0) is 36.4 Å². The zero-order chi connectivity index (χ0) is 18.1. The second-order valence-electron chi connectivity index (χ2n) is 5.01. The van der Waals surface area contributed by atoms with E-state index in [1.807, 2.05) is 0 Å². The lowest BCUT2D eigenvalue weighted by Crippen LogP contribution is -2.26. The van der Waals surface area contributed by atoms with Crippen LogP contribution in [0.2, 0.25) is 5.02 Å². The van der Waals surface area contributed by atoms with E-state index in [0.717, 1.165) is 0 Å². The summed E-state index contributed by atoms with van der Waals surface area (Å²) in [4.78, 5) is 23.4. The van der Waals surface area contributed by atoms with Gasteiger partial charge < -0.3 is 14.8 Å². The molecular weight excluding hydrogens is 349 g/mol. The molecule has 2 aromatic rings. The van der Waals surface area contributed by atoms with E-state index in [9.17, 15) is 14.0 Å². The maximum Gasteiger partial charge on any atom is 0.307 e. The lowest BCUT2D eigenvalue weighted by molar-refractivity contribution is -0.144. The Kier molecular flexibility index (Phi) is 7.22. The van der Waals surface area contributed by atoms with Crippen molar-refractivity contribution in [2.24, 2.45) is 0 Å². The van der Waals surface area contributed by atoms with Crippen LogP contribution < -0.4 is 10.1 Å². The minimum Gasteiger partial charge on any atom is -0.487 e. The molecule has 7 heteroatoms. The SMILES string of the molecule is O=C(CCNC(=O)c1ccc(Cl)cc1)OCCOc1ccccc1F. The second-order valence-corrected chi connectivity index (χ2v) is 5.45. The van der Waals surface area contributed by atoms with E-state index in [2.05, 4.69) is 5.32 Å². The van der Waals surface area contributed by atoms with Crippen molar-refractivity contribution in [1.82, 2.24) is 5.32 Å². The Labute approximate surface area is 149 Å². The summed E-state index contributed by atoms with van der Waals surface area (Å²) in [6.07, 6.45) is 0.0268. The first-order chi connectivity index (χ1) is 12.1. The fourth-order valence-corrected chi connectivity index (χ4v) is 2.05. The summed E-state index contributed by atoms with van der Waals surface area (Å²) in [6.45, 7) is 0.191. The predicted octanol–water partition coefficient (Wildman–Crippen LogP) is 3.22. The maximum atomic E-state index is 13.3. The Hall–Kier alpha value is -2.60.